The van der Waals surface area contributed by atoms with Crippen LogP contribution in [0.4, 0.5) is 37.7 Å². The lowest BCUT2D eigenvalue weighted by Crippen LogP contribution is -2.48. The van der Waals surface area contributed by atoms with Crippen LogP contribution in [0, 0.1) is 5.41 Å². The van der Waals surface area contributed by atoms with Crippen LogP contribution >= 0.6 is 11.6 Å². The molecule has 2 aromatic carbocycles. The summed E-state index contributed by atoms with van der Waals surface area (Å²) in [6.07, 6.45) is -10.3. The number of carbonyl (C=O) groups is 2. The first-order chi connectivity index (χ1) is 23.9. The van der Waals surface area contributed by atoms with Gasteiger partial charge in [0.05, 0.1) is 12.6 Å². The van der Waals surface area contributed by atoms with E-state index in [1.165, 1.54) is 6.92 Å². The SMILES string of the molecule is CCOC(=O)c1c(OC(=O)C(F)(F)F)nn(C2CCCN(c3cc(Cl)ccc3-c3ccc(N4CCN(CC(C)(C)C)CC4)cc3)C2)c1C(F)(F)F. The van der Waals surface area contributed by atoms with Crippen molar-refractivity contribution < 1.29 is 45.4 Å². The van der Waals surface area contributed by atoms with Gasteiger partial charge in [-0.15, -0.1) is 5.10 Å². The van der Waals surface area contributed by atoms with Crippen molar-refractivity contribution in [3.8, 4) is 17.0 Å². The van der Waals surface area contributed by atoms with E-state index in [-0.39, 0.29) is 18.4 Å². The number of hydrogen-bond acceptors (Lipinski definition) is 8. The zero-order valence-corrected chi connectivity index (χ0v) is 29.5. The van der Waals surface area contributed by atoms with Crippen LogP contribution in [0.1, 0.15) is 62.6 Å². The zero-order chi connectivity index (χ0) is 37.3. The number of ether oxygens (including phenoxy) is 2. The van der Waals surface area contributed by atoms with E-state index in [0.717, 1.165) is 49.5 Å². The molecule has 0 amide bonds. The summed E-state index contributed by atoms with van der Waals surface area (Å²) in [5, 5.41) is 4.04. The lowest BCUT2D eigenvalue weighted by atomic mass is 9.95. The highest BCUT2D eigenvalue weighted by Crippen LogP contribution is 2.42. The average Bonchev–Trinajstić information content (AvgIpc) is 3.44. The molecule has 2 saturated heterocycles. The van der Waals surface area contributed by atoms with Gasteiger partial charge in [0.25, 0.3) is 5.88 Å². The molecule has 0 spiro atoms. The van der Waals surface area contributed by atoms with Crippen LogP contribution in [-0.4, -0.2) is 85.2 Å². The van der Waals surface area contributed by atoms with Gasteiger partial charge >= 0.3 is 24.3 Å². The Morgan fingerprint density at radius 1 is 0.922 bits per heavy atom. The van der Waals surface area contributed by atoms with Crippen molar-refractivity contribution in [1.82, 2.24) is 14.7 Å². The van der Waals surface area contributed by atoms with E-state index in [9.17, 15) is 35.9 Å². The predicted octanol–water partition coefficient (Wildman–Crippen LogP) is 7.88. The smallest absolute Gasteiger partial charge is 0.462 e. The summed E-state index contributed by atoms with van der Waals surface area (Å²) in [4.78, 5) is 31.0. The summed E-state index contributed by atoms with van der Waals surface area (Å²) in [6.45, 7) is 12.6. The second-order valence-electron chi connectivity index (χ2n) is 13.9. The minimum Gasteiger partial charge on any atom is -0.462 e. The van der Waals surface area contributed by atoms with Crippen LogP contribution in [0.15, 0.2) is 42.5 Å². The largest absolute Gasteiger partial charge is 0.491 e. The number of benzene rings is 2. The third-order valence-corrected chi connectivity index (χ3v) is 8.94. The second kappa shape index (κ2) is 14.9. The molecule has 0 radical (unpaired) electrons. The molecule has 1 unspecified atom stereocenters. The molecule has 2 aliphatic rings. The summed E-state index contributed by atoms with van der Waals surface area (Å²) in [7, 11) is 0. The van der Waals surface area contributed by atoms with Crippen molar-refractivity contribution in [2.45, 2.75) is 58.9 Å². The number of rotatable bonds is 8. The number of alkyl halides is 6. The topological polar surface area (TPSA) is 80.1 Å². The van der Waals surface area contributed by atoms with Crippen LogP contribution in [-0.2, 0) is 15.7 Å². The Morgan fingerprint density at radius 3 is 2.18 bits per heavy atom. The summed E-state index contributed by atoms with van der Waals surface area (Å²) < 4.78 is 92.4. The third kappa shape index (κ3) is 9.09. The number of halogens is 7. The highest BCUT2D eigenvalue weighted by atomic mass is 35.5. The van der Waals surface area contributed by atoms with Gasteiger partial charge in [0.1, 0.15) is 0 Å². The maximum atomic E-state index is 14.6. The van der Waals surface area contributed by atoms with Gasteiger partial charge in [-0.3, -0.25) is 9.58 Å². The molecule has 0 saturated carbocycles. The quantitative estimate of drug-likeness (QED) is 0.170. The minimum atomic E-state index is -5.56. The molecule has 0 bridgehead atoms. The molecule has 1 aromatic heterocycles. The van der Waals surface area contributed by atoms with Gasteiger partial charge in [0, 0.05) is 67.8 Å². The first-order valence-corrected chi connectivity index (χ1v) is 17.0. The van der Waals surface area contributed by atoms with E-state index in [1.54, 1.807) is 12.1 Å². The number of piperidine rings is 1. The van der Waals surface area contributed by atoms with Crippen LogP contribution in [0.2, 0.25) is 5.02 Å². The Morgan fingerprint density at radius 2 is 1.59 bits per heavy atom. The van der Waals surface area contributed by atoms with Crippen molar-refractivity contribution in [1.29, 1.82) is 0 Å². The summed E-state index contributed by atoms with van der Waals surface area (Å²) >= 11 is 6.42. The lowest BCUT2D eigenvalue weighted by Gasteiger charge is -2.39. The zero-order valence-electron chi connectivity index (χ0n) is 28.7. The van der Waals surface area contributed by atoms with Gasteiger partial charge in [-0.25, -0.2) is 9.59 Å². The molecule has 0 aliphatic carbocycles. The Hall–Kier alpha value is -3.98. The first-order valence-electron chi connectivity index (χ1n) is 16.6. The standard InChI is InChI=1S/C35H40ClF6N5O4/c1-5-50-31(48)28-29(34(37,38)39)47(43-30(28)51-32(49)35(40,41)42)25-7-6-14-46(20-25)27-19-23(36)10-13-26(27)22-8-11-24(12-9-22)45-17-15-44(16-18-45)21-33(2,3)4/h8-13,19,25H,5-7,14-18,20-21H2,1-4H3. The van der Waals surface area contributed by atoms with Crippen molar-refractivity contribution in [3.63, 3.8) is 0 Å². The van der Waals surface area contributed by atoms with Gasteiger partial charge in [-0.1, -0.05) is 50.6 Å². The number of hydrogen-bond donors (Lipinski definition) is 0. The Kier molecular flexibility index (Phi) is 11.2. The van der Waals surface area contributed by atoms with Gasteiger partial charge in [-0.05, 0) is 55.0 Å². The van der Waals surface area contributed by atoms with Crippen LogP contribution in [0.3, 0.4) is 0 Å². The van der Waals surface area contributed by atoms with Gasteiger partial charge in [0.15, 0.2) is 11.3 Å². The summed E-state index contributed by atoms with van der Waals surface area (Å²) in [6, 6.07) is 12.2. The molecule has 9 nitrogen and oxygen atoms in total. The average molecular weight is 744 g/mol. The number of aromatic nitrogens is 2. The number of piperazine rings is 1. The van der Waals surface area contributed by atoms with E-state index in [1.807, 2.05) is 35.2 Å². The number of anilines is 2. The molecule has 2 aliphatic heterocycles. The van der Waals surface area contributed by atoms with E-state index in [0.29, 0.717) is 28.4 Å². The molecule has 3 aromatic rings. The molecule has 3 heterocycles. The van der Waals surface area contributed by atoms with Crippen molar-refractivity contribution >= 4 is 34.9 Å². The molecule has 5 rings (SSSR count). The van der Waals surface area contributed by atoms with E-state index in [2.05, 4.69) is 40.4 Å². The highest BCUT2D eigenvalue weighted by molar-refractivity contribution is 6.31. The van der Waals surface area contributed by atoms with Crippen LogP contribution in [0.5, 0.6) is 5.88 Å². The fourth-order valence-electron chi connectivity index (χ4n) is 6.62. The molecule has 2 fully saturated rings. The molecule has 0 N–H and O–H groups in total. The predicted molar refractivity (Wildman–Crippen MR) is 180 cm³/mol. The summed E-state index contributed by atoms with van der Waals surface area (Å²) in [5.74, 6) is -5.88. The van der Waals surface area contributed by atoms with Crippen molar-refractivity contribution in [2.24, 2.45) is 5.41 Å². The van der Waals surface area contributed by atoms with E-state index in [4.69, 9.17) is 16.3 Å². The maximum Gasteiger partial charge on any atom is 0.491 e. The summed E-state index contributed by atoms with van der Waals surface area (Å²) in [5.41, 5.74) is 0.460. The minimum absolute atomic E-state index is 0.0794. The van der Waals surface area contributed by atoms with E-state index < -0.39 is 54.1 Å². The highest BCUT2D eigenvalue weighted by Gasteiger charge is 2.48. The van der Waals surface area contributed by atoms with Crippen LogP contribution in [0.25, 0.3) is 11.1 Å². The second-order valence-corrected chi connectivity index (χ2v) is 14.3. The van der Waals surface area contributed by atoms with Gasteiger partial charge in [-0.2, -0.15) is 26.3 Å². The van der Waals surface area contributed by atoms with Crippen molar-refractivity contribution in [3.05, 3.63) is 58.7 Å². The Balaban J connectivity index is 1.44. The van der Waals surface area contributed by atoms with E-state index >= 15 is 0 Å². The molecule has 1 atom stereocenters. The normalized spacial score (nSPS) is 17.8. The van der Waals surface area contributed by atoms with Crippen molar-refractivity contribution in [2.75, 3.05) is 62.2 Å². The van der Waals surface area contributed by atoms with Gasteiger partial charge in [0.2, 0.25) is 0 Å². The van der Waals surface area contributed by atoms with Crippen LogP contribution < -0.4 is 14.5 Å². The fourth-order valence-corrected chi connectivity index (χ4v) is 6.79. The Bertz CT molecular complexity index is 1710. The molecule has 16 heteroatoms. The number of carbonyl (C=O) groups excluding carboxylic acids is 2. The first kappa shape index (κ1) is 38.3. The lowest BCUT2D eigenvalue weighted by molar-refractivity contribution is -0.190. The monoisotopic (exact) mass is 743 g/mol. The molecule has 278 valence electrons. The fraction of sp³-hybridized carbons (Fsp3) is 0.514. The molecule has 51 heavy (non-hydrogen) atoms. The van der Waals surface area contributed by atoms with Gasteiger partial charge < -0.3 is 19.3 Å². The molecular formula is C35H40ClF6N5O4. The number of nitrogens with zero attached hydrogens (tertiary/aromatic N) is 5. The third-order valence-electron chi connectivity index (χ3n) is 8.70. The Labute approximate surface area is 297 Å². The maximum absolute atomic E-state index is 14.6. The molecular weight excluding hydrogens is 704 g/mol. The number of esters is 2.